The third-order valence-corrected chi connectivity index (χ3v) is 9.05. The molecule has 1 fully saturated rings. The lowest BCUT2D eigenvalue weighted by Gasteiger charge is -2.51. The van der Waals surface area contributed by atoms with Gasteiger partial charge in [-0.2, -0.15) is 0 Å². The van der Waals surface area contributed by atoms with E-state index in [1.165, 1.54) is 11.1 Å². The molecule has 0 aromatic heterocycles. The van der Waals surface area contributed by atoms with Crippen LogP contribution >= 0.6 is 0 Å². The molecule has 2 aromatic rings. The van der Waals surface area contributed by atoms with E-state index in [1.54, 1.807) is 19.2 Å². The summed E-state index contributed by atoms with van der Waals surface area (Å²) in [5.74, 6) is 0.154. The number of aromatic carboxylic acids is 1. The molecular formula is C32H37NO4. The second-order valence-electron chi connectivity index (χ2n) is 11.7. The fourth-order valence-corrected chi connectivity index (χ4v) is 7.17. The van der Waals surface area contributed by atoms with Gasteiger partial charge in [-0.1, -0.05) is 75.6 Å². The Morgan fingerprint density at radius 3 is 2.16 bits per heavy atom. The highest BCUT2D eigenvalue weighted by molar-refractivity contribution is 5.90. The maximum Gasteiger partial charge on any atom is 0.335 e. The number of ether oxygens (including phenoxy) is 1. The van der Waals surface area contributed by atoms with Crippen molar-refractivity contribution >= 4 is 17.4 Å². The molecule has 0 radical (unpaired) electrons. The summed E-state index contributed by atoms with van der Waals surface area (Å²) in [7, 11) is 1.67. The summed E-state index contributed by atoms with van der Waals surface area (Å²) in [5.41, 5.74) is 4.24. The molecule has 3 aliphatic rings. The zero-order valence-electron chi connectivity index (χ0n) is 22.3. The van der Waals surface area contributed by atoms with Gasteiger partial charge in [0.2, 0.25) is 5.91 Å². The minimum atomic E-state index is -0.912. The van der Waals surface area contributed by atoms with Crippen molar-refractivity contribution in [2.24, 2.45) is 10.8 Å². The van der Waals surface area contributed by atoms with E-state index in [2.05, 4.69) is 50.0 Å². The number of allylic oxidation sites excluding steroid dienone is 2. The lowest BCUT2D eigenvalue weighted by atomic mass is 9.58. The standard InChI is InChI=1S/C32H37NO4/c1-30(2)26(22-7-9-23(10-8-22)28(34)35)15-19-31(3)21-33(20-16-27(30)31)29(36)32(17-5-6-18-32)24-11-13-25(37-4)14-12-24/h7-16H,5-6,17-21H2,1-4H3,(H,34,35)/t31-/m1/s1. The summed E-state index contributed by atoms with van der Waals surface area (Å²) in [5, 5.41) is 9.28. The fourth-order valence-electron chi connectivity index (χ4n) is 7.17. The van der Waals surface area contributed by atoms with E-state index >= 15 is 0 Å². The Hall–Kier alpha value is -3.34. The van der Waals surface area contributed by atoms with E-state index in [-0.39, 0.29) is 16.7 Å². The number of carboxylic acid groups (broad SMARTS) is 1. The van der Waals surface area contributed by atoms with E-state index in [4.69, 9.17) is 4.74 Å². The molecule has 1 heterocycles. The van der Waals surface area contributed by atoms with Crippen LogP contribution in [-0.4, -0.2) is 42.1 Å². The summed E-state index contributed by atoms with van der Waals surface area (Å²) in [6.45, 7) is 8.12. The molecule has 1 aliphatic heterocycles. The SMILES string of the molecule is COc1ccc(C2(C(=O)N3CC=C4C(C)(C)C(c5ccc(C(=O)O)cc5)=CC[C@]4(C)C3)CCCC2)cc1. The Kier molecular flexibility index (Phi) is 6.29. The van der Waals surface area contributed by atoms with Crippen LogP contribution in [0.1, 0.15) is 74.4 Å². The number of fused-ring (bicyclic) bond motifs is 1. The Labute approximate surface area is 219 Å². The summed E-state index contributed by atoms with van der Waals surface area (Å²) >= 11 is 0. The molecule has 0 unspecified atom stereocenters. The number of carbonyl (C=O) groups is 2. The topological polar surface area (TPSA) is 66.8 Å². The molecule has 5 rings (SSSR count). The number of rotatable bonds is 5. The van der Waals surface area contributed by atoms with Gasteiger partial charge in [0.15, 0.2) is 0 Å². The van der Waals surface area contributed by atoms with Gasteiger partial charge >= 0.3 is 5.97 Å². The van der Waals surface area contributed by atoms with Crippen LogP contribution < -0.4 is 4.74 Å². The van der Waals surface area contributed by atoms with Crippen LogP contribution in [0.4, 0.5) is 0 Å². The first-order valence-corrected chi connectivity index (χ1v) is 13.3. The van der Waals surface area contributed by atoms with Gasteiger partial charge in [-0.05, 0) is 60.2 Å². The van der Waals surface area contributed by atoms with Crippen molar-refractivity contribution < 1.29 is 19.4 Å². The number of methoxy groups -OCH3 is 1. The summed E-state index contributed by atoms with van der Waals surface area (Å²) in [4.78, 5) is 27.6. The highest BCUT2D eigenvalue weighted by atomic mass is 16.5. The zero-order chi connectivity index (χ0) is 26.4. The van der Waals surface area contributed by atoms with Gasteiger partial charge in [-0.3, -0.25) is 4.79 Å². The Bertz CT molecular complexity index is 1260. The summed E-state index contributed by atoms with van der Waals surface area (Å²) in [6.07, 6.45) is 9.37. The third kappa shape index (κ3) is 4.18. The van der Waals surface area contributed by atoms with E-state index < -0.39 is 11.4 Å². The van der Waals surface area contributed by atoms with Crippen molar-refractivity contribution in [3.63, 3.8) is 0 Å². The molecule has 194 valence electrons. The number of hydrogen-bond acceptors (Lipinski definition) is 3. The predicted octanol–water partition coefficient (Wildman–Crippen LogP) is 6.49. The van der Waals surface area contributed by atoms with Gasteiger partial charge in [-0.25, -0.2) is 4.79 Å². The summed E-state index contributed by atoms with van der Waals surface area (Å²) < 4.78 is 5.36. The third-order valence-electron chi connectivity index (χ3n) is 9.05. The average molecular weight is 500 g/mol. The molecule has 1 atom stereocenters. The molecule has 0 saturated heterocycles. The minimum absolute atomic E-state index is 0.137. The molecular weight excluding hydrogens is 462 g/mol. The number of amides is 1. The Balaban J connectivity index is 1.43. The van der Waals surface area contributed by atoms with E-state index in [1.807, 2.05) is 24.3 Å². The molecule has 2 aromatic carbocycles. The van der Waals surface area contributed by atoms with Crippen molar-refractivity contribution in [3.8, 4) is 5.75 Å². The van der Waals surface area contributed by atoms with Gasteiger partial charge in [0.25, 0.3) is 0 Å². The van der Waals surface area contributed by atoms with Gasteiger partial charge in [-0.15, -0.1) is 0 Å². The van der Waals surface area contributed by atoms with Crippen LogP contribution in [0.2, 0.25) is 0 Å². The van der Waals surface area contributed by atoms with Crippen molar-refractivity contribution in [1.29, 1.82) is 0 Å². The summed E-state index contributed by atoms with van der Waals surface area (Å²) in [6, 6.07) is 15.3. The van der Waals surface area contributed by atoms with Crippen LogP contribution in [0.25, 0.3) is 5.57 Å². The van der Waals surface area contributed by atoms with E-state index in [9.17, 15) is 14.7 Å². The molecule has 1 N–H and O–H groups in total. The monoisotopic (exact) mass is 499 g/mol. The van der Waals surface area contributed by atoms with Crippen LogP contribution in [0.5, 0.6) is 5.75 Å². The van der Waals surface area contributed by atoms with Crippen LogP contribution in [-0.2, 0) is 10.2 Å². The highest BCUT2D eigenvalue weighted by Gasteiger charge is 2.50. The number of carbonyl (C=O) groups excluding carboxylic acids is 1. The number of benzene rings is 2. The van der Waals surface area contributed by atoms with Crippen molar-refractivity contribution in [3.05, 3.63) is 82.9 Å². The normalized spacial score (nSPS) is 24.1. The smallest absolute Gasteiger partial charge is 0.335 e. The molecule has 1 saturated carbocycles. The second kappa shape index (κ2) is 9.20. The highest BCUT2D eigenvalue weighted by Crippen LogP contribution is 2.56. The number of nitrogens with zero attached hydrogens (tertiary/aromatic N) is 1. The maximum atomic E-state index is 14.2. The van der Waals surface area contributed by atoms with Gasteiger partial charge in [0.05, 0.1) is 18.1 Å². The Morgan fingerprint density at radius 1 is 0.919 bits per heavy atom. The molecule has 5 nitrogen and oxygen atoms in total. The second-order valence-corrected chi connectivity index (χ2v) is 11.7. The quantitative estimate of drug-likeness (QED) is 0.477. The predicted molar refractivity (Wildman–Crippen MR) is 146 cm³/mol. The van der Waals surface area contributed by atoms with E-state index in [0.29, 0.717) is 18.7 Å². The molecule has 37 heavy (non-hydrogen) atoms. The first-order valence-electron chi connectivity index (χ1n) is 13.3. The number of hydrogen-bond donors (Lipinski definition) is 1. The fraction of sp³-hybridized carbons (Fsp3) is 0.438. The number of carboxylic acids is 1. The molecule has 5 heteroatoms. The largest absolute Gasteiger partial charge is 0.497 e. The van der Waals surface area contributed by atoms with Crippen molar-refractivity contribution in [2.45, 2.75) is 58.3 Å². The first kappa shape index (κ1) is 25.3. The van der Waals surface area contributed by atoms with Gasteiger partial charge < -0.3 is 14.7 Å². The Morgan fingerprint density at radius 2 is 1.57 bits per heavy atom. The minimum Gasteiger partial charge on any atom is -0.497 e. The first-order chi connectivity index (χ1) is 17.6. The van der Waals surface area contributed by atoms with Crippen LogP contribution in [0.3, 0.4) is 0 Å². The van der Waals surface area contributed by atoms with Crippen molar-refractivity contribution in [1.82, 2.24) is 4.90 Å². The van der Waals surface area contributed by atoms with Crippen molar-refractivity contribution in [2.75, 3.05) is 20.2 Å². The van der Waals surface area contributed by atoms with Gasteiger partial charge in [0, 0.05) is 23.9 Å². The molecule has 0 spiro atoms. The lowest BCUT2D eigenvalue weighted by Crippen LogP contribution is -2.53. The van der Waals surface area contributed by atoms with Crippen LogP contribution in [0.15, 0.2) is 66.3 Å². The molecule has 0 bridgehead atoms. The maximum absolute atomic E-state index is 14.2. The molecule has 1 amide bonds. The molecule has 2 aliphatic carbocycles. The van der Waals surface area contributed by atoms with Crippen LogP contribution in [0, 0.1) is 10.8 Å². The van der Waals surface area contributed by atoms with Gasteiger partial charge in [0.1, 0.15) is 5.75 Å². The van der Waals surface area contributed by atoms with E-state index in [0.717, 1.165) is 49.0 Å². The average Bonchev–Trinajstić information content (AvgIpc) is 3.39. The zero-order valence-corrected chi connectivity index (χ0v) is 22.3. The lowest BCUT2D eigenvalue weighted by molar-refractivity contribution is -0.138.